The second kappa shape index (κ2) is 4.58. The van der Waals surface area contributed by atoms with Gasteiger partial charge in [-0.05, 0) is 33.4 Å². The lowest BCUT2D eigenvalue weighted by atomic mass is 9.93. The van der Waals surface area contributed by atoms with Crippen LogP contribution in [-0.2, 0) is 4.43 Å². The third kappa shape index (κ3) is 2.39. The number of hydrogen-bond donors (Lipinski definition) is 0. The summed E-state index contributed by atoms with van der Waals surface area (Å²) in [5.74, 6) is 0. The Morgan fingerprint density at radius 1 is 1.06 bits per heavy atom. The Morgan fingerprint density at radius 3 is 1.81 bits per heavy atom. The van der Waals surface area contributed by atoms with E-state index in [9.17, 15) is 0 Å². The van der Waals surface area contributed by atoms with Gasteiger partial charge in [-0.2, -0.15) is 0 Å². The molecule has 0 radical (unpaired) electrons. The number of rotatable bonds is 2. The molecule has 1 aliphatic rings. The average Bonchev–Trinajstić information content (AvgIpc) is 2.09. The lowest BCUT2D eigenvalue weighted by molar-refractivity contribution is 0.0524. The van der Waals surface area contributed by atoms with E-state index in [1.165, 1.54) is 6.04 Å². The predicted octanol–water partition coefficient (Wildman–Crippen LogP) is 4.39. The summed E-state index contributed by atoms with van der Waals surface area (Å²) in [6.45, 7) is 13.6. The monoisotopic (exact) mass is 298 g/mol. The van der Waals surface area contributed by atoms with Crippen molar-refractivity contribution in [2.75, 3.05) is 0 Å². The standard InChI is InChI=1S/C11H24Cl2OSi2/c1-9(12)11(10(2)13)7-8-15(3,4)16(5,6)14-11/h9-10H,7-8H2,1-6H3. The molecule has 1 rings (SSSR count). The number of halogens is 2. The maximum Gasteiger partial charge on any atom is 0.174 e. The van der Waals surface area contributed by atoms with Crippen molar-refractivity contribution in [1.29, 1.82) is 0 Å². The molecule has 1 nitrogen and oxygen atoms in total. The molecule has 2 atom stereocenters. The van der Waals surface area contributed by atoms with Crippen LogP contribution in [0.3, 0.4) is 0 Å². The van der Waals surface area contributed by atoms with Crippen molar-refractivity contribution in [2.24, 2.45) is 0 Å². The fourth-order valence-corrected chi connectivity index (χ4v) is 10.1. The highest BCUT2D eigenvalue weighted by atomic mass is 35.5. The van der Waals surface area contributed by atoms with Gasteiger partial charge in [0, 0.05) is 0 Å². The van der Waals surface area contributed by atoms with Gasteiger partial charge in [-0.1, -0.05) is 19.1 Å². The molecule has 0 bridgehead atoms. The Labute approximate surface area is 112 Å². The fourth-order valence-electron chi connectivity index (χ4n) is 2.35. The first kappa shape index (κ1) is 15.0. The van der Waals surface area contributed by atoms with Crippen molar-refractivity contribution >= 4 is 38.6 Å². The third-order valence-corrected chi connectivity index (χ3v) is 21.8. The minimum absolute atomic E-state index is 0.0168. The highest BCUT2D eigenvalue weighted by molar-refractivity contribution is 7.38. The highest BCUT2D eigenvalue weighted by Gasteiger charge is 2.56. The second-order valence-corrected chi connectivity index (χ2v) is 22.7. The first-order valence-electron chi connectivity index (χ1n) is 6.03. The highest BCUT2D eigenvalue weighted by Crippen LogP contribution is 2.45. The second-order valence-electron chi connectivity index (χ2n) is 6.18. The number of hydrogen-bond acceptors (Lipinski definition) is 1. The SMILES string of the molecule is CC(Cl)C1(C(C)Cl)CC[Si](C)(C)[Si](C)(C)O1. The van der Waals surface area contributed by atoms with Crippen LogP contribution in [0, 0.1) is 0 Å². The molecule has 96 valence electrons. The molecule has 0 aromatic carbocycles. The molecule has 0 aromatic heterocycles. The van der Waals surface area contributed by atoms with E-state index in [0.29, 0.717) is 0 Å². The van der Waals surface area contributed by atoms with E-state index in [1.807, 2.05) is 13.8 Å². The minimum Gasteiger partial charge on any atom is -0.412 e. The van der Waals surface area contributed by atoms with Crippen LogP contribution < -0.4 is 0 Å². The Hall–Kier alpha value is 0.974. The summed E-state index contributed by atoms with van der Waals surface area (Å²) in [4.78, 5) is 0. The Kier molecular flexibility index (Phi) is 4.30. The van der Waals surface area contributed by atoms with Gasteiger partial charge < -0.3 is 4.43 Å². The molecule has 5 heteroatoms. The molecule has 1 fully saturated rings. The van der Waals surface area contributed by atoms with E-state index in [-0.39, 0.29) is 16.4 Å². The summed E-state index contributed by atoms with van der Waals surface area (Å²) < 4.78 is 6.54. The molecular weight excluding hydrogens is 275 g/mol. The fraction of sp³-hybridized carbons (Fsp3) is 1.00. The molecule has 0 aliphatic carbocycles. The lowest BCUT2D eigenvalue weighted by Crippen LogP contribution is -2.68. The maximum absolute atomic E-state index is 6.54. The Morgan fingerprint density at radius 2 is 1.50 bits per heavy atom. The third-order valence-electron chi connectivity index (χ3n) is 4.56. The summed E-state index contributed by atoms with van der Waals surface area (Å²) in [7, 11) is -2.81. The molecule has 1 aliphatic heterocycles. The first-order valence-corrected chi connectivity index (χ1v) is 14.0. The minimum atomic E-state index is -1.61. The Balaban J connectivity index is 3.03. The molecule has 2 unspecified atom stereocenters. The largest absolute Gasteiger partial charge is 0.412 e. The van der Waals surface area contributed by atoms with Gasteiger partial charge in [0.05, 0.1) is 23.9 Å². The molecule has 16 heavy (non-hydrogen) atoms. The van der Waals surface area contributed by atoms with Crippen LogP contribution in [0.15, 0.2) is 0 Å². The van der Waals surface area contributed by atoms with E-state index in [0.717, 1.165) is 6.42 Å². The van der Waals surface area contributed by atoms with Crippen LogP contribution in [0.5, 0.6) is 0 Å². The molecule has 0 spiro atoms. The van der Waals surface area contributed by atoms with Crippen LogP contribution >= 0.6 is 23.2 Å². The summed E-state index contributed by atoms with van der Waals surface area (Å²) >= 11 is 12.7. The van der Waals surface area contributed by atoms with Gasteiger partial charge in [0.2, 0.25) is 0 Å². The zero-order valence-electron chi connectivity index (χ0n) is 11.2. The van der Waals surface area contributed by atoms with Crippen LogP contribution in [0.2, 0.25) is 32.2 Å². The zero-order chi connectivity index (χ0) is 12.8. The normalized spacial score (nSPS) is 36.8. The van der Waals surface area contributed by atoms with Crippen molar-refractivity contribution in [1.82, 2.24) is 0 Å². The molecule has 0 aromatic rings. The van der Waals surface area contributed by atoms with E-state index in [2.05, 4.69) is 26.2 Å². The van der Waals surface area contributed by atoms with Crippen LogP contribution in [0.4, 0.5) is 0 Å². The van der Waals surface area contributed by atoms with Gasteiger partial charge in [0.1, 0.15) is 0 Å². The molecule has 1 saturated heterocycles. The van der Waals surface area contributed by atoms with Crippen molar-refractivity contribution in [3.8, 4) is 0 Å². The zero-order valence-corrected chi connectivity index (χ0v) is 14.7. The molecule has 0 N–H and O–H groups in total. The van der Waals surface area contributed by atoms with Gasteiger partial charge in [0.25, 0.3) is 0 Å². The van der Waals surface area contributed by atoms with E-state index in [1.54, 1.807) is 0 Å². The van der Waals surface area contributed by atoms with Crippen LogP contribution in [0.25, 0.3) is 0 Å². The van der Waals surface area contributed by atoms with Crippen molar-refractivity contribution < 1.29 is 4.43 Å². The van der Waals surface area contributed by atoms with Crippen molar-refractivity contribution in [3.05, 3.63) is 0 Å². The van der Waals surface area contributed by atoms with Crippen molar-refractivity contribution in [2.45, 2.75) is 68.9 Å². The molecule has 0 amide bonds. The summed E-state index contributed by atoms with van der Waals surface area (Å²) in [5, 5.41) is -0.0336. The van der Waals surface area contributed by atoms with Gasteiger partial charge in [-0.25, -0.2) is 0 Å². The number of alkyl halides is 2. The van der Waals surface area contributed by atoms with E-state index < -0.39 is 15.4 Å². The summed E-state index contributed by atoms with van der Waals surface area (Å²) in [6, 6.07) is 1.29. The smallest absolute Gasteiger partial charge is 0.174 e. The van der Waals surface area contributed by atoms with Crippen molar-refractivity contribution in [3.63, 3.8) is 0 Å². The average molecular weight is 299 g/mol. The maximum atomic E-state index is 6.54. The van der Waals surface area contributed by atoms with Gasteiger partial charge in [-0.15, -0.1) is 23.2 Å². The van der Waals surface area contributed by atoms with E-state index >= 15 is 0 Å². The molecule has 0 saturated carbocycles. The molecule has 1 heterocycles. The van der Waals surface area contributed by atoms with E-state index in [4.69, 9.17) is 27.6 Å². The first-order chi connectivity index (χ1) is 7.05. The summed E-state index contributed by atoms with van der Waals surface area (Å²) in [5.41, 5.74) is -0.304. The predicted molar refractivity (Wildman–Crippen MR) is 78.8 cm³/mol. The summed E-state index contributed by atoms with van der Waals surface area (Å²) in [6.07, 6.45) is 1.03. The Bertz CT molecular complexity index is 257. The van der Waals surface area contributed by atoms with Gasteiger partial charge in [0.15, 0.2) is 7.83 Å². The topological polar surface area (TPSA) is 9.23 Å². The quantitative estimate of drug-likeness (QED) is 0.543. The van der Waals surface area contributed by atoms with Crippen LogP contribution in [-0.4, -0.2) is 31.8 Å². The lowest BCUT2D eigenvalue weighted by Gasteiger charge is -2.54. The van der Waals surface area contributed by atoms with Crippen LogP contribution in [0.1, 0.15) is 20.3 Å². The van der Waals surface area contributed by atoms with Gasteiger partial charge >= 0.3 is 0 Å². The van der Waals surface area contributed by atoms with Gasteiger partial charge in [-0.3, -0.25) is 0 Å². The molecular formula is C11H24Cl2OSi2.